The molecule has 0 bridgehead atoms. The Hall–Kier alpha value is -3.44. The standard InChI is InChI=1S/C22H18N2O3/c25-21-20(24(23-27-21)19-14-8-3-9-15-19)16-22(26,17-10-4-1-5-11-17)18-12-6-2-7-13-18/h1-15,26H,16H2. The molecule has 0 spiro atoms. The number of rotatable bonds is 5. The van der Waals surface area contributed by atoms with Crippen molar-refractivity contribution in [1.82, 2.24) is 5.27 Å². The highest BCUT2D eigenvalue weighted by atomic mass is 16.6. The molecule has 0 radical (unpaired) electrons. The van der Waals surface area contributed by atoms with E-state index in [0.717, 1.165) is 0 Å². The maximum absolute atomic E-state index is 12.4. The number of hydrogen-bond acceptors (Lipinski definition) is 4. The molecule has 0 atom stereocenters. The van der Waals surface area contributed by atoms with Gasteiger partial charge in [0, 0.05) is 12.1 Å². The van der Waals surface area contributed by atoms with Gasteiger partial charge in [-0.15, -0.1) is 0 Å². The number of benzene rings is 3. The number of aliphatic hydroxyl groups is 1. The summed E-state index contributed by atoms with van der Waals surface area (Å²) >= 11 is 0. The fourth-order valence-electron chi connectivity index (χ4n) is 3.23. The van der Waals surface area contributed by atoms with E-state index in [4.69, 9.17) is 4.52 Å². The van der Waals surface area contributed by atoms with Gasteiger partial charge in [-0.25, -0.2) is 0 Å². The van der Waals surface area contributed by atoms with Crippen LogP contribution >= 0.6 is 0 Å². The second-order valence-electron chi connectivity index (χ2n) is 6.32. The Bertz CT molecular complexity index is 976. The predicted octanol–water partition coefficient (Wildman–Crippen LogP) is 2.50. The van der Waals surface area contributed by atoms with Crippen LogP contribution in [0.4, 0.5) is 0 Å². The fraction of sp³-hybridized carbons (Fsp3) is 0.0909. The summed E-state index contributed by atoms with van der Waals surface area (Å²) in [6.45, 7) is 0. The van der Waals surface area contributed by atoms with Gasteiger partial charge in [0.2, 0.25) is 11.4 Å². The van der Waals surface area contributed by atoms with Crippen molar-refractivity contribution >= 4 is 0 Å². The van der Waals surface area contributed by atoms with Crippen molar-refractivity contribution in [3.63, 3.8) is 0 Å². The summed E-state index contributed by atoms with van der Waals surface area (Å²) in [6.07, 6.45) is 0.0260. The molecule has 0 saturated carbocycles. The van der Waals surface area contributed by atoms with Gasteiger partial charge < -0.3 is 14.7 Å². The molecule has 4 rings (SSSR count). The molecule has 0 fully saturated rings. The SMILES string of the molecule is [O-]c1on[n+](-c2ccccc2)c1CC(O)(c1ccccc1)c1ccccc1. The second-order valence-corrected chi connectivity index (χ2v) is 6.32. The molecule has 0 saturated heterocycles. The zero-order valence-corrected chi connectivity index (χ0v) is 14.5. The highest BCUT2D eigenvalue weighted by Crippen LogP contribution is 2.34. The first-order valence-corrected chi connectivity index (χ1v) is 8.65. The molecule has 0 amide bonds. The van der Waals surface area contributed by atoms with E-state index in [9.17, 15) is 10.2 Å². The summed E-state index contributed by atoms with van der Waals surface area (Å²) in [5, 5.41) is 28.0. The van der Waals surface area contributed by atoms with Gasteiger partial charge in [0.15, 0.2) is 5.95 Å². The molecule has 134 valence electrons. The minimum Gasteiger partial charge on any atom is -0.539 e. The van der Waals surface area contributed by atoms with Crippen LogP contribution in [0.3, 0.4) is 0 Å². The van der Waals surface area contributed by atoms with Crippen molar-refractivity contribution in [2.24, 2.45) is 0 Å². The topological polar surface area (TPSA) is 73.2 Å². The minimum absolute atomic E-state index is 0.0260. The Morgan fingerprint density at radius 1 is 0.815 bits per heavy atom. The van der Waals surface area contributed by atoms with E-state index in [1.807, 2.05) is 91.0 Å². The van der Waals surface area contributed by atoms with Crippen molar-refractivity contribution < 1.29 is 19.4 Å². The summed E-state index contributed by atoms with van der Waals surface area (Å²) in [7, 11) is 0. The van der Waals surface area contributed by atoms with Crippen molar-refractivity contribution in [3.8, 4) is 11.6 Å². The third kappa shape index (κ3) is 3.20. The van der Waals surface area contributed by atoms with Crippen molar-refractivity contribution in [2.45, 2.75) is 12.0 Å². The van der Waals surface area contributed by atoms with Crippen LogP contribution in [0.15, 0.2) is 95.5 Å². The van der Waals surface area contributed by atoms with Gasteiger partial charge in [-0.05, 0) is 15.8 Å². The Morgan fingerprint density at radius 3 is 1.81 bits per heavy atom. The molecule has 0 unspecified atom stereocenters. The van der Waals surface area contributed by atoms with E-state index >= 15 is 0 Å². The van der Waals surface area contributed by atoms with Crippen LogP contribution in [-0.4, -0.2) is 10.4 Å². The van der Waals surface area contributed by atoms with Crippen LogP contribution in [-0.2, 0) is 12.0 Å². The quantitative estimate of drug-likeness (QED) is 0.557. The lowest BCUT2D eigenvalue weighted by Crippen LogP contribution is -2.41. The summed E-state index contributed by atoms with van der Waals surface area (Å²) < 4.78 is 6.36. The van der Waals surface area contributed by atoms with Gasteiger partial charge in [0.05, 0.1) is 11.7 Å². The van der Waals surface area contributed by atoms with Gasteiger partial charge in [0.1, 0.15) is 5.60 Å². The third-order valence-electron chi connectivity index (χ3n) is 4.62. The van der Waals surface area contributed by atoms with Gasteiger partial charge in [-0.1, -0.05) is 78.9 Å². The van der Waals surface area contributed by atoms with E-state index in [2.05, 4.69) is 5.27 Å². The Morgan fingerprint density at radius 2 is 1.30 bits per heavy atom. The first kappa shape index (κ1) is 17.0. The second kappa shape index (κ2) is 7.05. The molecular formula is C22H18N2O3. The summed E-state index contributed by atoms with van der Waals surface area (Å²) in [5.74, 6) is -0.566. The van der Waals surface area contributed by atoms with Crippen LogP contribution in [0.1, 0.15) is 16.8 Å². The number of aromatic nitrogens is 2. The van der Waals surface area contributed by atoms with Crippen LogP contribution in [0, 0.1) is 0 Å². The molecule has 1 aromatic heterocycles. The lowest BCUT2D eigenvalue weighted by atomic mass is 9.82. The van der Waals surface area contributed by atoms with Crippen molar-refractivity contribution in [3.05, 3.63) is 108 Å². The predicted molar refractivity (Wildman–Crippen MR) is 97.1 cm³/mol. The molecule has 1 N–H and O–H groups in total. The largest absolute Gasteiger partial charge is 0.539 e. The smallest absolute Gasteiger partial charge is 0.243 e. The van der Waals surface area contributed by atoms with Gasteiger partial charge in [0.25, 0.3) is 0 Å². The van der Waals surface area contributed by atoms with Crippen molar-refractivity contribution in [1.29, 1.82) is 0 Å². The molecular weight excluding hydrogens is 340 g/mol. The van der Waals surface area contributed by atoms with Gasteiger partial charge in [-0.3, -0.25) is 0 Å². The maximum Gasteiger partial charge on any atom is 0.243 e. The first-order valence-electron chi connectivity index (χ1n) is 8.65. The van der Waals surface area contributed by atoms with Gasteiger partial charge in [-0.2, -0.15) is 0 Å². The molecule has 4 aromatic rings. The molecule has 1 heterocycles. The van der Waals surface area contributed by atoms with Gasteiger partial charge >= 0.3 is 0 Å². The van der Waals surface area contributed by atoms with E-state index in [1.54, 1.807) is 0 Å². The summed E-state index contributed by atoms with van der Waals surface area (Å²) in [6, 6.07) is 27.8. The number of nitrogens with zero attached hydrogens (tertiary/aromatic N) is 2. The maximum atomic E-state index is 12.4. The normalized spacial score (nSPS) is 11.4. The van der Waals surface area contributed by atoms with Crippen molar-refractivity contribution in [2.75, 3.05) is 0 Å². The molecule has 0 aliphatic carbocycles. The molecule has 27 heavy (non-hydrogen) atoms. The average molecular weight is 358 g/mol. The summed E-state index contributed by atoms with van der Waals surface area (Å²) in [4.78, 5) is 0. The average Bonchev–Trinajstić information content (AvgIpc) is 3.10. The van der Waals surface area contributed by atoms with E-state index < -0.39 is 11.5 Å². The van der Waals surface area contributed by atoms with Crippen LogP contribution in [0.2, 0.25) is 0 Å². The molecule has 5 heteroatoms. The van der Waals surface area contributed by atoms with E-state index in [0.29, 0.717) is 16.8 Å². The molecule has 0 aliphatic rings. The zero-order chi connectivity index (χ0) is 18.7. The Kier molecular flexibility index (Phi) is 4.44. The van der Waals surface area contributed by atoms with Crippen LogP contribution in [0.25, 0.3) is 5.69 Å². The fourth-order valence-corrected chi connectivity index (χ4v) is 3.23. The monoisotopic (exact) mass is 358 g/mol. The molecule has 3 aromatic carbocycles. The Balaban J connectivity index is 1.84. The highest BCUT2D eigenvalue weighted by molar-refractivity contribution is 5.38. The Labute approximate surface area is 156 Å². The number of para-hydroxylation sites is 1. The minimum atomic E-state index is -1.40. The van der Waals surface area contributed by atoms with E-state index in [1.165, 1.54) is 4.68 Å². The molecule has 0 aliphatic heterocycles. The van der Waals surface area contributed by atoms with Crippen LogP contribution in [0.5, 0.6) is 5.95 Å². The zero-order valence-electron chi connectivity index (χ0n) is 14.5. The number of hydrogen-bond donors (Lipinski definition) is 1. The first-order chi connectivity index (χ1) is 13.2. The summed E-state index contributed by atoms with van der Waals surface area (Å²) in [5.41, 5.74) is 0.954. The van der Waals surface area contributed by atoms with E-state index in [-0.39, 0.29) is 12.1 Å². The highest BCUT2D eigenvalue weighted by Gasteiger charge is 2.37. The lowest BCUT2D eigenvalue weighted by Gasteiger charge is -2.28. The third-order valence-corrected chi connectivity index (χ3v) is 4.62. The van der Waals surface area contributed by atoms with Crippen LogP contribution < -0.4 is 9.79 Å². The lowest BCUT2D eigenvalue weighted by molar-refractivity contribution is -0.678. The molecule has 5 nitrogen and oxygen atoms in total.